The number of halogens is 2. The third kappa shape index (κ3) is 8.62. The van der Waals surface area contributed by atoms with Gasteiger partial charge in [0, 0.05) is 38.4 Å². The average Bonchev–Trinajstić information content (AvgIpc) is 3.25. The third-order valence-corrected chi connectivity index (χ3v) is 9.43. The fourth-order valence-electron chi connectivity index (χ4n) is 5.06. The van der Waals surface area contributed by atoms with Crippen molar-refractivity contribution in [3.63, 3.8) is 0 Å². The smallest absolute Gasteiger partial charge is 0.400 e. The number of nitrogens with zero attached hydrogens (tertiary/aromatic N) is 2. The number of aryl methyl sites for hydroxylation is 1. The van der Waals surface area contributed by atoms with Gasteiger partial charge in [-0.05, 0) is 93.5 Å². The first-order valence-corrected chi connectivity index (χ1v) is 16.2. The van der Waals surface area contributed by atoms with Crippen molar-refractivity contribution in [2.75, 3.05) is 26.4 Å². The molecule has 0 spiro atoms. The maximum atomic E-state index is 6.12. The Morgan fingerprint density at radius 2 is 1.42 bits per heavy atom. The Morgan fingerprint density at radius 3 is 2.07 bits per heavy atom. The van der Waals surface area contributed by atoms with Gasteiger partial charge in [0.15, 0.2) is 0 Å². The topological polar surface area (TPSA) is 62.7 Å². The van der Waals surface area contributed by atoms with Gasteiger partial charge in [-0.1, -0.05) is 71.4 Å². The molecule has 2 aromatic carbocycles. The minimum atomic E-state index is -0.239. The summed E-state index contributed by atoms with van der Waals surface area (Å²) in [6, 6.07) is 16.2. The molecule has 0 N–H and O–H groups in total. The number of hydrogen-bond donors (Lipinski definition) is 0. The summed E-state index contributed by atoms with van der Waals surface area (Å²) in [6.45, 7) is 13.2. The van der Waals surface area contributed by atoms with Crippen LogP contribution in [0, 0.1) is 6.92 Å². The van der Waals surface area contributed by atoms with Gasteiger partial charge in [-0.15, -0.1) is 0 Å². The summed E-state index contributed by atoms with van der Waals surface area (Å²) >= 11 is 9.60. The second kappa shape index (κ2) is 15.3. The number of fused-ring (bicyclic) bond motifs is 2. The first kappa shape index (κ1) is 35.3. The maximum absolute atomic E-state index is 6.12. The predicted molar refractivity (Wildman–Crippen MR) is 191 cm³/mol. The molecular weight excluding hydrogens is 651 g/mol. The number of aromatic nitrogens is 2. The molecule has 238 valence electrons. The Morgan fingerprint density at radius 1 is 0.800 bits per heavy atom. The van der Waals surface area contributed by atoms with Gasteiger partial charge in [-0.25, -0.2) is 0 Å². The van der Waals surface area contributed by atoms with Gasteiger partial charge in [-0.3, -0.25) is 9.97 Å². The van der Waals surface area contributed by atoms with E-state index in [-0.39, 0.29) is 25.7 Å². The van der Waals surface area contributed by atoms with Crippen molar-refractivity contribution < 1.29 is 18.8 Å². The van der Waals surface area contributed by atoms with Crippen molar-refractivity contribution in [1.82, 2.24) is 9.97 Å². The summed E-state index contributed by atoms with van der Waals surface area (Å²) in [7, 11) is -0.182. The van der Waals surface area contributed by atoms with Crippen LogP contribution in [0.15, 0.2) is 83.0 Å². The minimum absolute atomic E-state index is 0. The fourth-order valence-corrected chi connectivity index (χ4v) is 5.78. The van der Waals surface area contributed by atoms with Crippen molar-refractivity contribution in [2.24, 2.45) is 0 Å². The highest BCUT2D eigenvalue weighted by molar-refractivity contribution is 9.10. The molecule has 0 bridgehead atoms. The van der Waals surface area contributed by atoms with Gasteiger partial charge in [0.2, 0.25) is 0 Å². The Balaban J connectivity index is 0.000000154. The molecule has 0 amide bonds. The molecule has 0 saturated carbocycles. The Labute approximate surface area is 281 Å². The first-order valence-electron chi connectivity index (χ1n) is 15.0. The zero-order chi connectivity index (χ0) is 31.3. The summed E-state index contributed by atoms with van der Waals surface area (Å²) in [5, 5.41) is 5.29. The number of pyridine rings is 2. The van der Waals surface area contributed by atoms with E-state index in [9.17, 15) is 0 Å². The van der Waals surface area contributed by atoms with Crippen molar-refractivity contribution in [3.05, 3.63) is 99.4 Å². The van der Waals surface area contributed by atoms with Crippen LogP contribution in [-0.4, -0.2) is 54.7 Å². The molecule has 6 nitrogen and oxygen atoms in total. The molecule has 0 aliphatic carbocycles. The maximum Gasteiger partial charge on any atom is 0.490 e. The molecule has 2 aromatic heterocycles. The van der Waals surface area contributed by atoms with E-state index in [4.69, 9.17) is 30.4 Å². The van der Waals surface area contributed by atoms with Crippen LogP contribution in [0.2, 0.25) is 5.02 Å². The highest BCUT2D eigenvalue weighted by Gasteiger charge is 2.52. The summed E-state index contributed by atoms with van der Waals surface area (Å²) in [4.78, 5) is 8.72. The van der Waals surface area contributed by atoms with Crippen molar-refractivity contribution in [3.8, 4) is 0 Å². The Hall–Kier alpha value is -2.59. The number of rotatable bonds is 2. The average molecular weight is 694 g/mol. The number of ether oxygens (including phenoxy) is 2. The second-order valence-electron chi connectivity index (χ2n) is 12.1. The molecule has 7 rings (SSSR count). The van der Waals surface area contributed by atoms with Gasteiger partial charge in [0.1, 0.15) is 0 Å². The van der Waals surface area contributed by atoms with E-state index in [1.54, 1.807) is 0 Å². The van der Waals surface area contributed by atoms with Crippen LogP contribution < -0.4 is 0 Å². The molecule has 1 fully saturated rings. The normalized spacial score (nSPS) is 18.5. The van der Waals surface area contributed by atoms with E-state index >= 15 is 0 Å². The lowest BCUT2D eigenvalue weighted by atomic mass is 9.75. The largest absolute Gasteiger partial charge is 0.490 e. The van der Waals surface area contributed by atoms with Crippen LogP contribution in [0.4, 0.5) is 0 Å². The lowest BCUT2D eigenvalue weighted by Gasteiger charge is -2.32. The fraction of sp³-hybridized carbons (Fsp3) is 0.389. The van der Waals surface area contributed by atoms with Gasteiger partial charge in [0.05, 0.1) is 43.3 Å². The van der Waals surface area contributed by atoms with E-state index in [1.807, 2.05) is 43.6 Å². The van der Waals surface area contributed by atoms with E-state index in [2.05, 4.69) is 90.0 Å². The zero-order valence-electron chi connectivity index (χ0n) is 26.0. The molecule has 45 heavy (non-hydrogen) atoms. The molecular formula is C36H43BBrClN2O4. The molecule has 3 aliphatic heterocycles. The molecule has 9 heteroatoms. The minimum Gasteiger partial charge on any atom is -0.400 e. The summed E-state index contributed by atoms with van der Waals surface area (Å²) in [5.74, 6) is 0. The summed E-state index contributed by atoms with van der Waals surface area (Å²) < 4.78 is 23.6. The molecule has 0 radical (unpaired) electrons. The van der Waals surface area contributed by atoms with E-state index in [0.717, 1.165) is 57.7 Å². The molecule has 4 aromatic rings. The van der Waals surface area contributed by atoms with Crippen LogP contribution in [0.1, 0.15) is 59.4 Å². The zero-order valence-corrected chi connectivity index (χ0v) is 28.4. The third-order valence-electron chi connectivity index (χ3n) is 8.41. The second-order valence-corrected chi connectivity index (χ2v) is 13.3. The predicted octanol–water partition coefficient (Wildman–Crippen LogP) is 9.60. The van der Waals surface area contributed by atoms with Gasteiger partial charge >= 0.3 is 7.12 Å². The van der Waals surface area contributed by atoms with Crippen molar-refractivity contribution in [2.45, 2.75) is 66.1 Å². The molecule has 3 aliphatic rings. The monoisotopic (exact) mass is 692 g/mol. The molecule has 0 atom stereocenters. The highest BCUT2D eigenvalue weighted by atomic mass is 79.9. The summed E-state index contributed by atoms with van der Waals surface area (Å²) in [5.41, 5.74) is 4.09. The van der Waals surface area contributed by atoms with Crippen LogP contribution in [0.25, 0.3) is 27.1 Å². The standard InChI is InChI=1S/C14H12ClNO.C11H19BO3.C10H8BrN.CH4/c15-13-3-1-2-11-8-14(16-9-12(11)13)10-4-6-17-7-5-10;1-10(2)11(3,4)15-12(14-10)9-5-7-13-8-6-9;1-7-5-8-3-2-4-10(11)9(8)6-12-7;/h1-4,8-9H,5-7H2;5H,6-8H2,1-4H3;2-6H,1H3;1H4. The highest BCUT2D eigenvalue weighted by Crippen LogP contribution is 2.39. The molecule has 0 unspecified atom stereocenters. The van der Waals surface area contributed by atoms with Gasteiger partial charge in [0.25, 0.3) is 0 Å². The Bertz CT molecular complexity index is 1670. The van der Waals surface area contributed by atoms with Crippen LogP contribution >= 0.6 is 27.5 Å². The van der Waals surface area contributed by atoms with Crippen LogP contribution in [0.5, 0.6) is 0 Å². The van der Waals surface area contributed by atoms with E-state index in [0.29, 0.717) is 13.2 Å². The SMILES string of the molecule is C.CC1(C)OB(C2=CCOCC2)OC1(C)C.Cc1cc2cccc(Br)c2cn1.Clc1cccc2cc(C3=CCOCC3)ncc12. The molecule has 1 saturated heterocycles. The van der Waals surface area contributed by atoms with E-state index in [1.165, 1.54) is 21.8 Å². The number of benzene rings is 2. The summed E-state index contributed by atoms with van der Waals surface area (Å²) in [6.07, 6.45) is 9.77. The lowest BCUT2D eigenvalue weighted by molar-refractivity contribution is 0.00578. The van der Waals surface area contributed by atoms with Crippen molar-refractivity contribution in [1.29, 1.82) is 0 Å². The quantitative estimate of drug-likeness (QED) is 0.195. The van der Waals surface area contributed by atoms with Crippen molar-refractivity contribution >= 4 is 61.8 Å². The number of hydrogen-bond acceptors (Lipinski definition) is 6. The first-order chi connectivity index (χ1) is 21.0. The lowest BCUT2D eigenvalue weighted by Crippen LogP contribution is -2.41. The Kier molecular flexibility index (Phi) is 12.0. The van der Waals surface area contributed by atoms with Crippen LogP contribution in [0.3, 0.4) is 0 Å². The molecule has 5 heterocycles. The van der Waals surface area contributed by atoms with Gasteiger partial charge < -0.3 is 18.8 Å². The van der Waals surface area contributed by atoms with E-state index < -0.39 is 0 Å². The van der Waals surface area contributed by atoms with Crippen LogP contribution in [-0.2, 0) is 18.8 Å². The van der Waals surface area contributed by atoms with Gasteiger partial charge in [-0.2, -0.15) is 0 Å².